The second-order valence-electron chi connectivity index (χ2n) is 6.44. The maximum Gasteiger partial charge on any atom is 0.324 e. The number of aromatic nitrogens is 5. The molecule has 2 atom stereocenters. The lowest BCUT2D eigenvalue weighted by molar-refractivity contribution is -0.165. The van der Waals surface area contributed by atoms with Crippen molar-refractivity contribution in [3.05, 3.63) is 30.5 Å². The normalized spacial score (nSPS) is 13.9. The molecule has 10 N–H and O–H groups in total. The van der Waals surface area contributed by atoms with Crippen LogP contribution in [0.1, 0.15) is 6.92 Å². The van der Waals surface area contributed by atoms with Gasteiger partial charge in [-0.1, -0.05) is 16.7 Å². The third-order valence-electron chi connectivity index (χ3n) is 4.37. The largest absolute Gasteiger partial charge is 0.395 e. The molecule has 0 aliphatic heterocycles. The minimum Gasteiger partial charge on any atom is -0.395 e. The van der Waals surface area contributed by atoms with Gasteiger partial charge in [-0.15, -0.1) is 10.2 Å². The molecule has 0 saturated heterocycles. The van der Waals surface area contributed by atoms with E-state index in [-0.39, 0.29) is 29.4 Å². The Hall–Kier alpha value is -2.75. The third kappa shape index (κ3) is 4.95. The van der Waals surface area contributed by atoms with Crippen molar-refractivity contribution in [2.24, 2.45) is 5.73 Å². The van der Waals surface area contributed by atoms with E-state index >= 15 is 0 Å². The number of nitrogen functional groups attached to an aromatic ring is 1. The van der Waals surface area contributed by atoms with E-state index in [2.05, 4.69) is 35.5 Å². The summed E-state index contributed by atoms with van der Waals surface area (Å²) < 4.78 is 29.0. The van der Waals surface area contributed by atoms with Crippen molar-refractivity contribution in [2.75, 3.05) is 18.9 Å². The summed E-state index contributed by atoms with van der Waals surface area (Å²) in [6.45, 7) is 1.76. The van der Waals surface area contributed by atoms with Crippen LogP contribution in [-0.2, 0) is 10.0 Å². The van der Waals surface area contributed by atoms with Crippen LogP contribution in [0.5, 0.6) is 0 Å². The van der Waals surface area contributed by atoms with Gasteiger partial charge in [-0.25, -0.2) is 10.1 Å². The van der Waals surface area contributed by atoms with Gasteiger partial charge in [0.1, 0.15) is 10.7 Å². The summed E-state index contributed by atoms with van der Waals surface area (Å²) in [6.07, 6.45) is 1.54. The first-order valence-electron chi connectivity index (χ1n) is 9.10. The van der Waals surface area contributed by atoms with Gasteiger partial charge in [0.05, 0.1) is 18.2 Å². The maximum atomic E-state index is 12.9. The zero-order valence-electron chi connectivity index (χ0n) is 16.7. The molecule has 0 aliphatic rings. The molecular weight excluding hydrogens is 442 g/mol. The minimum atomic E-state index is -4.00. The molecule has 1 aromatic carbocycles. The fourth-order valence-electron chi connectivity index (χ4n) is 2.94. The highest BCUT2D eigenvalue weighted by molar-refractivity contribution is 8.13. The summed E-state index contributed by atoms with van der Waals surface area (Å²) in [5, 5.41) is 28.7. The fourth-order valence-corrected chi connectivity index (χ4v) is 6.04. The van der Waals surface area contributed by atoms with Crippen LogP contribution in [0.25, 0.3) is 22.5 Å². The molecule has 0 spiro atoms. The Kier molecular flexibility index (Phi) is 7.09. The van der Waals surface area contributed by atoms with E-state index in [1.165, 1.54) is 6.20 Å². The van der Waals surface area contributed by atoms with E-state index in [1.54, 1.807) is 36.6 Å². The molecule has 31 heavy (non-hydrogen) atoms. The summed E-state index contributed by atoms with van der Waals surface area (Å²) in [5.41, 5.74) is 12.8. The van der Waals surface area contributed by atoms with E-state index in [1.807, 2.05) is 0 Å². The highest BCUT2D eigenvalue weighted by Gasteiger charge is 2.30. The molecule has 14 heteroatoms. The first-order chi connectivity index (χ1) is 14.8. The number of sulfonamides is 1. The number of nitrogens with one attached hydrogen (secondary N) is 2. The molecule has 0 saturated carbocycles. The molecule has 2 heterocycles. The number of quaternary nitrogens is 1. The third-order valence-corrected chi connectivity index (χ3v) is 7.42. The fraction of sp³-hybridized carbons (Fsp3) is 0.235. The Morgan fingerprint density at radius 2 is 2.13 bits per heavy atom. The summed E-state index contributed by atoms with van der Waals surface area (Å²) in [7, 11) is -4.88. The number of aromatic amines is 1. The van der Waals surface area contributed by atoms with Crippen molar-refractivity contribution >= 4 is 31.9 Å². The zero-order chi connectivity index (χ0) is 22.6. The van der Waals surface area contributed by atoms with E-state index in [0.29, 0.717) is 21.8 Å². The van der Waals surface area contributed by atoms with Gasteiger partial charge in [0.25, 0.3) is 0 Å². The first-order valence-corrected chi connectivity index (χ1v) is 12.0. The Balaban J connectivity index is 2.35. The van der Waals surface area contributed by atoms with Crippen LogP contribution in [0.4, 0.5) is 5.82 Å². The lowest BCUT2D eigenvalue weighted by atomic mass is 10.0. The van der Waals surface area contributed by atoms with Crippen LogP contribution >= 0.6 is 10.7 Å². The number of hydrogen-bond acceptors (Lipinski definition) is 10. The van der Waals surface area contributed by atoms with E-state index in [9.17, 15) is 13.5 Å². The van der Waals surface area contributed by atoms with Gasteiger partial charge in [-0.05, 0) is 41.3 Å². The van der Waals surface area contributed by atoms with E-state index in [4.69, 9.17) is 11.5 Å². The number of rotatable bonds is 8. The number of nitrogens with zero attached hydrogens (tertiary/aromatic N) is 4. The van der Waals surface area contributed by atoms with E-state index in [0.717, 1.165) is 0 Å². The molecule has 3 aromatic rings. The smallest absolute Gasteiger partial charge is 0.324 e. The predicted octanol–water partition coefficient (Wildman–Crippen LogP) is -1.28. The molecule has 3 rings (SSSR count). The number of H-pyrrole nitrogens is 1. The van der Waals surface area contributed by atoms with Crippen LogP contribution in [0.3, 0.4) is 0 Å². The van der Waals surface area contributed by atoms with Crippen molar-refractivity contribution in [1.29, 1.82) is 0 Å². The number of aliphatic hydroxyl groups is 1. The van der Waals surface area contributed by atoms with Gasteiger partial charge in [0.15, 0.2) is 0 Å². The Morgan fingerprint density at radius 3 is 2.65 bits per heavy atom. The number of benzene rings is 1. The Morgan fingerprint density at radius 1 is 1.35 bits per heavy atom. The Bertz CT molecular complexity index is 1180. The van der Waals surface area contributed by atoms with E-state index < -0.39 is 26.7 Å². The summed E-state index contributed by atoms with van der Waals surface area (Å²) in [6, 6.07) is 6.36. The van der Waals surface area contributed by atoms with Gasteiger partial charge in [-0.2, -0.15) is 13.6 Å². The lowest BCUT2D eigenvalue weighted by Crippen LogP contribution is -2.56. The second kappa shape index (κ2) is 9.59. The van der Waals surface area contributed by atoms with Crippen molar-refractivity contribution < 1.29 is 18.7 Å². The number of hydrogen-bond donors (Lipinski definition) is 6. The van der Waals surface area contributed by atoms with Crippen LogP contribution < -0.4 is 21.3 Å². The van der Waals surface area contributed by atoms with Crippen LogP contribution in [0.2, 0.25) is 0 Å². The maximum absolute atomic E-state index is 12.9. The summed E-state index contributed by atoms with van der Waals surface area (Å²) >= 11 is 0. The van der Waals surface area contributed by atoms with Crippen molar-refractivity contribution in [1.82, 2.24) is 30.3 Å². The second-order valence-corrected chi connectivity index (χ2v) is 9.90. The highest BCUT2D eigenvalue weighted by atomic mass is 32.2. The van der Waals surface area contributed by atoms with Gasteiger partial charge in [0.2, 0.25) is 5.82 Å². The number of aliphatic hydroxyl groups excluding tert-OH is 1. The van der Waals surface area contributed by atoms with Gasteiger partial charge in [-0.3, -0.25) is 4.72 Å². The average molecular weight is 467 g/mol. The first kappa shape index (κ1) is 22.9. The summed E-state index contributed by atoms with van der Waals surface area (Å²) in [5.74, 6) is 0.419. The standard InChI is InChI=1S/C17H23N9O3S2/c1-2-30(24-11(7-18)9-27)13-5-4-12(10-3-6-14(19)21-8-10)15(16(13)31(20,28)29)17-22-25-26-23-17/h2-6,8,11,24,27H,7,9,18H2,1H3,(H2,19,21)(H2,20,28,29)(H,22,23,25,26)/p+1. The lowest BCUT2D eigenvalue weighted by Gasteiger charge is -2.21. The SMILES string of the molecule is CC=S(NC(CN)CO)c1ccc(-c2ccc(N)nc2)c(-c2nn[nH]n2)c1S([NH3+])(=O)=O. The number of nitrogens with two attached hydrogens (primary N) is 2. The van der Waals surface area contributed by atoms with Crippen molar-refractivity contribution in [3.63, 3.8) is 0 Å². The van der Waals surface area contributed by atoms with Crippen molar-refractivity contribution in [2.45, 2.75) is 22.8 Å². The monoisotopic (exact) mass is 466 g/mol. The molecule has 2 unspecified atom stereocenters. The molecular formula is C17H24N9O3S2+. The van der Waals surface area contributed by atoms with Gasteiger partial charge in [0, 0.05) is 23.2 Å². The van der Waals surface area contributed by atoms with Gasteiger partial charge < -0.3 is 16.6 Å². The van der Waals surface area contributed by atoms with Crippen LogP contribution in [-0.4, -0.2) is 63.7 Å². The summed E-state index contributed by atoms with van der Waals surface area (Å²) in [4.78, 5) is 4.49. The number of anilines is 1. The molecule has 2 aromatic heterocycles. The topological polar surface area (TPSA) is 213 Å². The number of pyridine rings is 1. The number of tetrazole rings is 1. The van der Waals surface area contributed by atoms with Crippen molar-refractivity contribution in [3.8, 4) is 22.5 Å². The highest BCUT2D eigenvalue weighted by Crippen LogP contribution is 2.41. The molecule has 0 bridgehead atoms. The minimum absolute atomic E-state index is 0.0501. The molecule has 0 radical (unpaired) electrons. The molecule has 0 aliphatic carbocycles. The molecule has 12 nitrogen and oxygen atoms in total. The van der Waals surface area contributed by atoms with Crippen LogP contribution in [0.15, 0.2) is 40.3 Å². The predicted molar refractivity (Wildman–Crippen MR) is 118 cm³/mol. The molecule has 166 valence electrons. The molecule has 0 fully saturated rings. The quantitative estimate of drug-likeness (QED) is 0.216. The molecule has 0 amide bonds. The zero-order valence-corrected chi connectivity index (χ0v) is 18.3. The average Bonchev–Trinajstić information content (AvgIpc) is 3.28. The Labute approximate surface area is 181 Å². The van der Waals surface area contributed by atoms with Crippen LogP contribution in [0, 0.1) is 0 Å². The van der Waals surface area contributed by atoms with Gasteiger partial charge >= 0.3 is 10.0 Å².